The van der Waals surface area contributed by atoms with E-state index in [9.17, 15) is 9.59 Å². The summed E-state index contributed by atoms with van der Waals surface area (Å²) in [5.41, 5.74) is 12.9. The van der Waals surface area contributed by atoms with Crippen molar-refractivity contribution in [1.29, 1.82) is 5.41 Å². The Bertz CT molecular complexity index is 751. The van der Waals surface area contributed by atoms with E-state index in [0.29, 0.717) is 23.9 Å². The molecule has 1 aliphatic carbocycles. The Hall–Kier alpha value is -1.67. The Morgan fingerprint density at radius 1 is 1.13 bits per heavy atom. The molecule has 3 rings (SSSR count). The van der Waals surface area contributed by atoms with Crippen LogP contribution in [0.25, 0.3) is 0 Å². The zero-order valence-electron chi connectivity index (χ0n) is 18.0. The fourth-order valence-electron chi connectivity index (χ4n) is 4.68. The van der Waals surface area contributed by atoms with E-state index >= 15 is 0 Å². The van der Waals surface area contributed by atoms with Crippen molar-refractivity contribution < 1.29 is 9.59 Å². The molecule has 2 fully saturated rings. The highest BCUT2D eigenvalue weighted by Gasteiger charge is 2.40. The Morgan fingerprint density at radius 2 is 1.74 bits per heavy atom. The Morgan fingerprint density at radius 3 is 2.29 bits per heavy atom. The van der Waals surface area contributed by atoms with Gasteiger partial charge in [0, 0.05) is 18.7 Å². The van der Waals surface area contributed by atoms with E-state index in [1.165, 1.54) is 32.1 Å². The average Bonchev–Trinajstić information content (AvgIpc) is 3.13. The topological polar surface area (TPSA) is 125 Å². The van der Waals surface area contributed by atoms with E-state index in [4.69, 9.17) is 16.9 Å². The van der Waals surface area contributed by atoms with Crippen LogP contribution in [0.3, 0.4) is 0 Å². The van der Waals surface area contributed by atoms with E-state index in [2.05, 4.69) is 10.2 Å². The number of nitrogen functional groups attached to an aromatic ring is 1. The summed E-state index contributed by atoms with van der Waals surface area (Å²) in [5.74, 6) is 0.510. The number of hydrogen-bond acceptors (Lipinski definition) is 5. The van der Waals surface area contributed by atoms with Gasteiger partial charge >= 0.3 is 0 Å². The van der Waals surface area contributed by atoms with E-state index in [-0.39, 0.29) is 42.6 Å². The average molecular weight is 472 g/mol. The number of likely N-dealkylation sites (tertiary alicyclic amines) is 1. The monoisotopic (exact) mass is 471 g/mol. The third-order valence-electron chi connectivity index (χ3n) is 6.37. The number of imide groups is 1. The lowest BCUT2D eigenvalue weighted by molar-refractivity contribution is -0.133. The molecule has 174 valence electrons. The number of halogens is 2. The summed E-state index contributed by atoms with van der Waals surface area (Å²) in [4.78, 5) is 27.0. The highest BCUT2D eigenvalue weighted by Crippen LogP contribution is 2.38. The minimum absolute atomic E-state index is 0. The third kappa shape index (κ3) is 7.17. The molecule has 0 bridgehead atoms. The summed E-state index contributed by atoms with van der Waals surface area (Å²) in [6.45, 7) is 3.08. The Kier molecular flexibility index (Phi) is 10.9. The van der Waals surface area contributed by atoms with Gasteiger partial charge in [-0.15, -0.1) is 24.8 Å². The van der Waals surface area contributed by atoms with Crippen molar-refractivity contribution in [3.8, 4) is 0 Å². The van der Waals surface area contributed by atoms with Crippen molar-refractivity contribution in [3.05, 3.63) is 35.4 Å². The SMILES string of the molecule is C[C@H](N)C(=O)NC(=O)[C@@H]1CC(C2CCCCC2)CN1Cc1ccc(C(=N)N)cc1.Cl.Cl. The maximum Gasteiger partial charge on any atom is 0.243 e. The van der Waals surface area contributed by atoms with Gasteiger partial charge in [0.05, 0.1) is 12.1 Å². The molecule has 1 saturated carbocycles. The van der Waals surface area contributed by atoms with Crippen LogP contribution in [0.5, 0.6) is 0 Å². The zero-order valence-corrected chi connectivity index (χ0v) is 19.6. The smallest absolute Gasteiger partial charge is 0.243 e. The number of nitrogens with two attached hydrogens (primary N) is 2. The van der Waals surface area contributed by atoms with Crippen molar-refractivity contribution in [2.24, 2.45) is 23.3 Å². The zero-order chi connectivity index (χ0) is 21.0. The van der Waals surface area contributed by atoms with E-state index < -0.39 is 11.9 Å². The molecule has 2 aliphatic rings. The second-order valence-electron chi connectivity index (χ2n) is 8.59. The fourth-order valence-corrected chi connectivity index (χ4v) is 4.68. The predicted octanol–water partition coefficient (Wildman–Crippen LogP) is 2.58. The second-order valence-corrected chi connectivity index (χ2v) is 8.59. The summed E-state index contributed by atoms with van der Waals surface area (Å²) in [7, 11) is 0. The molecular formula is C22H35Cl2N5O2. The molecular weight excluding hydrogens is 437 g/mol. The highest BCUT2D eigenvalue weighted by molar-refractivity contribution is 5.99. The maximum atomic E-state index is 12.9. The van der Waals surface area contributed by atoms with Gasteiger partial charge in [0.1, 0.15) is 5.84 Å². The summed E-state index contributed by atoms with van der Waals surface area (Å²) < 4.78 is 0. The van der Waals surface area contributed by atoms with Crippen LogP contribution in [0.4, 0.5) is 0 Å². The first-order chi connectivity index (χ1) is 13.8. The van der Waals surface area contributed by atoms with Crippen LogP contribution < -0.4 is 16.8 Å². The first kappa shape index (κ1) is 27.4. The summed E-state index contributed by atoms with van der Waals surface area (Å²) in [6, 6.07) is 6.54. The van der Waals surface area contributed by atoms with Crippen molar-refractivity contribution in [1.82, 2.24) is 10.2 Å². The highest BCUT2D eigenvalue weighted by atomic mass is 35.5. The van der Waals surface area contributed by atoms with E-state index in [0.717, 1.165) is 18.5 Å². The fraction of sp³-hybridized carbons (Fsp3) is 0.591. The van der Waals surface area contributed by atoms with Gasteiger partial charge in [0.25, 0.3) is 0 Å². The standard InChI is InChI=1S/C22H33N5O2.2ClH/c1-14(23)21(28)26-22(29)19-11-18(16-5-3-2-4-6-16)13-27(19)12-15-7-9-17(10-8-15)20(24)25;;/h7-10,14,16,18-19H,2-6,11-13,23H2,1H3,(H3,24,25)(H,26,28,29);2*1H/t14-,18?,19-;;/m0../s1. The molecule has 1 heterocycles. The van der Waals surface area contributed by atoms with E-state index in [1.54, 1.807) is 6.92 Å². The Balaban J connectivity index is 0.00000240. The van der Waals surface area contributed by atoms with Crippen LogP contribution in [-0.4, -0.2) is 41.2 Å². The van der Waals surface area contributed by atoms with Gasteiger partial charge in [-0.25, -0.2) is 0 Å². The van der Waals surface area contributed by atoms with Crippen molar-refractivity contribution in [2.75, 3.05) is 6.54 Å². The number of carbonyl (C=O) groups is 2. The molecule has 1 saturated heterocycles. The number of amidine groups is 1. The molecule has 0 spiro atoms. The van der Waals surface area contributed by atoms with Gasteiger partial charge in [0.2, 0.25) is 11.8 Å². The van der Waals surface area contributed by atoms with Crippen LogP contribution in [-0.2, 0) is 16.1 Å². The molecule has 1 aliphatic heterocycles. The minimum Gasteiger partial charge on any atom is -0.384 e. The molecule has 0 aromatic heterocycles. The van der Waals surface area contributed by atoms with Crippen LogP contribution in [0, 0.1) is 17.2 Å². The summed E-state index contributed by atoms with van der Waals surface area (Å²) >= 11 is 0. The molecule has 1 unspecified atom stereocenters. The number of nitrogens with zero attached hydrogens (tertiary/aromatic N) is 1. The van der Waals surface area contributed by atoms with Gasteiger partial charge in [-0.1, -0.05) is 56.4 Å². The van der Waals surface area contributed by atoms with E-state index in [1.807, 2.05) is 24.3 Å². The summed E-state index contributed by atoms with van der Waals surface area (Å²) in [5, 5.41) is 10.0. The number of rotatable bonds is 6. The second kappa shape index (κ2) is 12.4. The van der Waals surface area contributed by atoms with Crippen molar-refractivity contribution >= 4 is 42.5 Å². The number of carbonyl (C=O) groups excluding carboxylic acids is 2. The number of amides is 2. The molecule has 7 nitrogen and oxygen atoms in total. The quantitative estimate of drug-likeness (QED) is 0.374. The lowest BCUT2D eigenvalue weighted by Gasteiger charge is -2.27. The van der Waals surface area contributed by atoms with Gasteiger partial charge in [0.15, 0.2) is 0 Å². The largest absolute Gasteiger partial charge is 0.384 e. The molecule has 3 atom stereocenters. The molecule has 31 heavy (non-hydrogen) atoms. The molecule has 1 aromatic rings. The minimum atomic E-state index is -0.706. The van der Waals surface area contributed by atoms with Gasteiger partial charge in [-0.2, -0.15) is 0 Å². The number of benzene rings is 1. The Labute approximate surface area is 197 Å². The molecule has 2 amide bonds. The third-order valence-corrected chi connectivity index (χ3v) is 6.37. The molecule has 6 N–H and O–H groups in total. The summed E-state index contributed by atoms with van der Waals surface area (Å²) in [6.07, 6.45) is 7.11. The molecule has 1 aromatic carbocycles. The predicted molar refractivity (Wildman–Crippen MR) is 128 cm³/mol. The lowest BCUT2D eigenvalue weighted by Crippen LogP contribution is -2.49. The van der Waals surface area contributed by atoms with Crippen molar-refractivity contribution in [3.63, 3.8) is 0 Å². The van der Waals surface area contributed by atoms with Crippen molar-refractivity contribution in [2.45, 2.75) is 64.1 Å². The van der Waals surface area contributed by atoms with Crippen LogP contribution in [0.15, 0.2) is 24.3 Å². The van der Waals surface area contributed by atoms with Gasteiger partial charge in [-0.05, 0) is 30.7 Å². The number of nitrogens with one attached hydrogen (secondary N) is 2. The van der Waals surface area contributed by atoms with Crippen LogP contribution >= 0.6 is 24.8 Å². The normalized spacial score (nSPS) is 22.6. The first-order valence-corrected chi connectivity index (χ1v) is 10.6. The van der Waals surface area contributed by atoms with Gasteiger partial charge < -0.3 is 11.5 Å². The maximum absolute atomic E-state index is 12.9. The van der Waals surface area contributed by atoms with Gasteiger partial charge in [-0.3, -0.25) is 25.2 Å². The molecule has 0 radical (unpaired) electrons. The number of hydrogen-bond donors (Lipinski definition) is 4. The van der Waals surface area contributed by atoms with Crippen LogP contribution in [0.1, 0.15) is 56.6 Å². The molecule has 9 heteroatoms. The van der Waals surface area contributed by atoms with Crippen LogP contribution in [0.2, 0.25) is 0 Å². The lowest BCUT2D eigenvalue weighted by atomic mass is 9.79. The first-order valence-electron chi connectivity index (χ1n) is 10.6.